The Morgan fingerprint density at radius 2 is 1.66 bits per heavy atom. The van der Waals surface area contributed by atoms with Crippen LogP contribution in [0.25, 0.3) is 0 Å². The van der Waals surface area contributed by atoms with E-state index in [4.69, 9.17) is 17.3 Å². The molecule has 2 aromatic carbocycles. The summed E-state index contributed by atoms with van der Waals surface area (Å²) in [6.07, 6.45) is 2.72. The number of rotatable bonds is 4. The van der Waals surface area contributed by atoms with Crippen LogP contribution in [0.5, 0.6) is 0 Å². The summed E-state index contributed by atoms with van der Waals surface area (Å²) in [5, 5.41) is 6.39. The second-order valence-electron chi connectivity index (χ2n) is 9.35. The molecular weight excluding hydrogens is 466 g/mol. The summed E-state index contributed by atoms with van der Waals surface area (Å²) < 4.78 is 0. The Morgan fingerprint density at radius 1 is 0.971 bits per heavy atom. The Hall–Kier alpha value is -3.10. The molecule has 2 aliphatic rings. The predicted octanol–water partition coefficient (Wildman–Crippen LogP) is 3.74. The lowest BCUT2D eigenvalue weighted by Gasteiger charge is -2.43. The third-order valence-electron chi connectivity index (χ3n) is 6.64. The summed E-state index contributed by atoms with van der Waals surface area (Å²) in [5.41, 5.74) is 8.05. The zero-order valence-corrected chi connectivity index (χ0v) is 20.6. The first kappa shape index (κ1) is 25.0. The Balaban J connectivity index is 1.58. The number of halogens is 1. The van der Waals surface area contributed by atoms with Gasteiger partial charge >= 0.3 is 6.03 Å². The van der Waals surface area contributed by atoms with Gasteiger partial charge in [0, 0.05) is 41.4 Å². The topological polar surface area (TPSA) is 108 Å². The number of nitrogens with one attached hydrogen (secondary N) is 2. The van der Waals surface area contributed by atoms with Crippen molar-refractivity contribution in [3.63, 3.8) is 0 Å². The maximum atomic E-state index is 13.6. The summed E-state index contributed by atoms with van der Waals surface area (Å²) in [4.78, 5) is 43.3. The fraction of sp³-hybridized carbons (Fsp3) is 0.423. The molecule has 0 spiro atoms. The number of anilines is 1. The van der Waals surface area contributed by atoms with Crippen molar-refractivity contribution in [1.82, 2.24) is 15.1 Å². The highest BCUT2D eigenvalue weighted by Gasteiger charge is 2.41. The summed E-state index contributed by atoms with van der Waals surface area (Å²) in [7, 11) is 0. The van der Waals surface area contributed by atoms with Gasteiger partial charge in [-0.3, -0.25) is 14.5 Å². The molecule has 1 saturated carbocycles. The van der Waals surface area contributed by atoms with Crippen molar-refractivity contribution in [1.29, 1.82) is 0 Å². The van der Waals surface area contributed by atoms with Crippen LogP contribution in [0.2, 0.25) is 5.02 Å². The van der Waals surface area contributed by atoms with Gasteiger partial charge in [-0.2, -0.15) is 0 Å². The van der Waals surface area contributed by atoms with Crippen molar-refractivity contribution in [3.8, 4) is 0 Å². The van der Waals surface area contributed by atoms with E-state index in [1.54, 1.807) is 36.4 Å². The molecule has 2 aromatic rings. The van der Waals surface area contributed by atoms with Crippen LogP contribution in [0.3, 0.4) is 0 Å². The van der Waals surface area contributed by atoms with Gasteiger partial charge < -0.3 is 21.3 Å². The Bertz CT molecular complexity index is 1070. The average Bonchev–Trinajstić information content (AvgIpc) is 2.85. The largest absolute Gasteiger partial charge is 0.350 e. The van der Waals surface area contributed by atoms with E-state index in [2.05, 4.69) is 10.6 Å². The SMILES string of the molecule is Cc1ccc(C(=O)N2CCCN(C(=O)Nc3cccc(Cl)c3)C2C(=O)NC2CCC(N)CC2)cc1. The van der Waals surface area contributed by atoms with E-state index in [1.807, 2.05) is 19.1 Å². The minimum atomic E-state index is -1.06. The van der Waals surface area contributed by atoms with Crippen LogP contribution in [0, 0.1) is 6.92 Å². The van der Waals surface area contributed by atoms with Crippen molar-refractivity contribution >= 4 is 35.1 Å². The lowest BCUT2D eigenvalue weighted by Crippen LogP contribution is -2.65. The van der Waals surface area contributed by atoms with Crippen LogP contribution in [-0.4, -0.2) is 59.0 Å². The van der Waals surface area contributed by atoms with E-state index in [-0.39, 0.29) is 23.9 Å². The number of carbonyl (C=O) groups excluding carboxylic acids is 3. The van der Waals surface area contributed by atoms with Crippen LogP contribution in [0.4, 0.5) is 10.5 Å². The normalized spacial score (nSPS) is 22.4. The van der Waals surface area contributed by atoms with Gasteiger partial charge in [-0.25, -0.2) is 4.79 Å². The predicted molar refractivity (Wildman–Crippen MR) is 136 cm³/mol. The molecule has 8 nitrogen and oxygen atoms in total. The molecule has 1 aliphatic heterocycles. The highest BCUT2D eigenvalue weighted by molar-refractivity contribution is 6.30. The maximum Gasteiger partial charge on any atom is 0.323 e. The van der Waals surface area contributed by atoms with Crippen molar-refractivity contribution in [2.75, 3.05) is 18.4 Å². The van der Waals surface area contributed by atoms with E-state index < -0.39 is 12.2 Å². The molecule has 0 bridgehead atoms. The summed E-state index contributed by atoms with van der Waals surface area (Å²) >= 11 is 6.06. The molecule has 186 valence electrons. The van der Waals surface area contributed by atoms with Crippen LogP contribution >= 0.6 is 11.6 Å². The number of nitrogens with two attached hydrogens (primary N) is 1. The highest BCUT2D eigenvalue weighted by Crippen LogP contribution is 2.23. The number of nitrogens with zero attached hydrogens (tertiary/aromatic N) is 2. The monoisotopic (exact) mass is 497 g/mol. The van der Waals surface area contributed by atoms with Crippen LogP contribution in [0.15, 0.2) is 48.5 Å². The lowest BCUT2D eigenvalue weighted by atomic mass is 9.91. The van der Waals surface area contributed by atoms with E-state index in [0.717, 1.165) is 31.2 Å². The van der Waals surface area contributed by atoms with Gasteiger partial charge in [0.1, 0.15) is 0 Å². The van der Waals surface area contributed by atoms with E-state index in [9.17, 15) is 14.4 Å². The van der Waals surface area contributed by atoms with Gasteiger partial charge in [0.25, 0.3) is 11.8 Å². The van der Waals surface area contributed by atoms with Gasteiger partial charge in [0.15, 0.2) is 6.17 Å². The van der Waals surface area contributed by atoms with Gasteiger partial charge in [0.2, 0.25) is 0 Å². The Morgan fingerprint density at radius 3 is 2.34 bits per heavy atom. The number of aryl methyl sites for hydroxylation is 1. The minimum absolute atomic E-state index is 0.0293. The zero-order chi connectivity index (χ0) is 24.9. The summed E-state index contributed by atoms with van der Waals surface area (Å²) in [6, 6.07) is 13.7. The standard InChI is InChI=1S/C26H32ClN5O3/c1-17-6-8-18(9-7-17)25(34)31-14-3-15-32(26(35)30-22-5-2-4-19(27)16-22)24(31)23(33)29-21-12-10-20(28)11-13-21/h2,4-9,16,20-21,24H,3,10-15,28H2,1H3,(H,29,33)(H,30,35). The molecule has 1 saturated heterocycles. The second kappa shape index (κ2) is 11.1. The second-order valence-corrected chi connectivity index (χ2v) is 9.78. The van der Waals surface area contributed by atoms with E-state index >= 15 is 0 Å². The van der Waals surface area contributed by atoms with Gasteiger partial charge in [-0.05, 0) is 69.4 Å². The molecule has 9 heteroatoms. The first-order valence-electron chi connectivity index (χ1n) is 12.1. The maximum absolute atomic E-state index is 13.6. The quantitative estimate of drug-likeness (QED) is 0.598. The van der Waals surface area contributed by atoms with Crippen molar-refractivity contribution < 1.29 is 14.4 Å². The fourth-order valence-electron chi connectivity index (χ4n) is 4.70. The molecule has 1 unspecified atom stereocenters. The number of hydrogen-bond donors (Lipinski definition) is 3. The third-order valence-corrected chi connectivity index (χ3v) is 6.87. The van der Waals surface area contributed by atoms with Crippen LogP contribution in [-0.2, 0) is 4.79 Å². The van der Waals surface area contributed by atoms with Gasteiger partial charge in [-0.1, -0.05) is 35.4 Å². The Labute approximate surface area is 210 Å². The smallest absolute Gasteiger partial charge is 0.323 e. The molecule has 1 heterocycles. The average molecular weight is 498 g/mol. The summed E-state index contributed by atoms with van der Waals surface area (Å²) in [5.74, 6) is -0.636. The highest BCUT2D eigenvalue weighted by atomic mass is 35.5. The van der Waals surface area contributed by atoms with Crippen LogP contribution < -0.4 is 16.4 Å². The first-order valence-corrected chi connectivity index (χ1v) is 12.5. The molecule has 4 N–H and O–H groups in total. The number of benzene rings is 2. The zero-order valence-electron chi connectivity index (χ0n) is 19.9. The molecule has 0 radical (unpaired) electrons. The molecule has 35 heavy (non-hydrogen) atoms. The third kappa shape index (κ3) is 6.13. The lowest BCUT2D eigenvalue weighted by molar-refractivity contribution is -0.133. The van der Waals surface area contributed by atoms with Gasteiger partial charge in [0.05, 0.1) is 0 Å². The molecule has 4 rings (SSSR count). The molecule has 1 atom stereocenters. The van der Waals surface area contributed by atoms with E-state index in [1.165, 1.54) is 9.80 Å². The number of urea groups is 1. The fourth-order valence-corrected chi connectivity index (χ4v) is 4.89. The van der Waals surface area contributed by atoms with Crippen molar-refractivity contribution in [2.45, 2.75) is 57.3 Å². The minimum Gasteiger partial charge on any atom is -0.350 e. The van der Waals surface area contributed by atoms with Crippen LogP contribution in [0.1, 0.15) is 48.0 Å². The molecular formula is C26H32ClN5O3. The number of hydrogen-bond acceptors (Lipinski definition) is 4. The van der Waals surface area contributed by atoms with Gasteiger partial charge in [-0.15, -0.1) is 0 Å². The van der Waals surface area contributed by atoms with Crippen molar-refractivity contribution in [3.05, 3.63) is 64.7 Å². The molecule has 2 fully saturated rings. The Kier molecular flexibility index (Phi) is 7.93. The molecule has 4 amide bonds. The van der Waals surface area contributed by atoms with E-state index in [0.29, 0.717) is 35.8 Å². The van der Waals surface area contributed by atoms with Crippen molar-refractivity contribution in [2.24, 2.45) is 5.73 Å². The first-order chi connectivity index (χ1) is 16.8. The summed E-state index contributed by atoms with van der Waals surface area (Å²) in [6.45, 7) is 2.67. The molecule has 1 aliphatic carbocycles. The molecule has 0 aromatic heterocycles. The number of carbonyl (C=O) groups is 3. The number of amides is 4.